The van der Waals surface area contributed by atoms with Crippen LogP contribution in [-0.2, 0) is 4.74 Å². The van der Waals surface area contributed by atoms with Crippen LogP contribution in [0, 0.1) is 5.41 Å². The molecule has 5 rings (SSSR count). The maximum atomic E-state index is 6.42. The van der Waals surface area contributed by atoms with Crippen LogP contribution in [0.5, 0.6) is 0 Å². The Morgan fingerprint density at radius 2 is 2.00 bits per heavy atom. The lowest BCUT2D eigenvalue weighted by atomic mass is 9.73. The SMILES string of the molecule is C[C@@H]1OCC2(CCN(c3cnc4c(cnn4-c4cccc(Cl)c4Cl)n3)CC2)[C@@H]1N. The van der Waals surface area contributed by atoms with Crippen LogP contribution in [0.4, 0.5) is 5.82 Å². The van der Waals surface area contributed by atoms with Crippen molar-refractivity contribution in [1.82, 2.24) is 19.7 Å². The fourth-order valence-electron chi connectivity index (χ4n) is 4.44. The second kappa shape index (κ2) is 7.09. The zero-order valence-corrected chi connectivity index (χ0v) is 17.6. The van der Waals surface area contributed by atoms with E-state index in [2.05, 4.69) is 21.9 Å². The predicted octanol–water partition coefficient (Wildman–Crippen LogP) is 3.45. The third-order valence-electron chi connectivity index (χ3n) is 6.35. The number of nitrogens with two attached hydrogens (primary N) is 1. The summed E-state index contributed by atoms with van der Waals surface area (Å²) in [5.41, 5.74) is 8.55. The molecular weight excluding hydrogens is 411 g/mol. The maximum absolute atomic E-state index is 6.42. The summed E-state index contributed by atoms with van der Waals surface area (Å²) in [6.07, 6.45) is 5.62. The molecule has 0 bridgehead atoms. The van der Waals surface area contributed by atoms with E-state index in [1.165, 1.54) is 0 Å². The highest BCUT2D eigenvalue weighted by molar-refractivity contribution is 6.43. The van der Waals surface area contributed by atoms with Crippen molar-refractivity contribution in [2.24, 2.45) is 11.1 Å². The standard InChI is InChI=1S/C20H22Cl2N6O/c1-12-18(23)20(11-29-12)5-7-27(8-6-20)16-10-24-19-14(26-16)9-25-28(19)15-4-2-3-13(21)17(15)22/h2-4,9-10,12,18H,5-8,11,23H2,1H3/t12-,18+/m0/s1. The van der Waals surface area contributed by atoms with Crippen LogP contribution in [0.2, 0.25) is 10.0 Å². The minimum Gasteiger partial charge on any atom is -0.376 e. The molecule has 1 spiro atoms. The Balaban J connectivity index is 1.40. The monoisotopic (exact) mass is 432 g/mol. The number of nitrogens with zero attached hydrogens (tertiary/aromatic N) is 5. The van der Waals surface area contributed by atoms with Gasteiger partial charge in [0.2, 0.25) is 0 Å². The second-order valence-electron chi connectivity index (χ2n) is 7.96. The summed E-state index contributed by atoms with van der Waals surface area (Å²) in [5, 5.41) is 5.34. The fourth-order valence-corrected chi connectivity index (χ4v) is 4.82. The fraction of sp³-hybridized carbons (Fsp3) is 0.450. The lowest BCUT2D eigenvalue weighted by Crippen LogP contribution is -2.50. The zero-order valence-electron chi connectivity index (χ0n) is 16.1. The highest BCUT2D eigenvalue weighted by Crippen LogP contribution is 2.41. The number of hydrogen-bond acceptors (Lipinski definition) is 6. The Hall–Kier alpha value is -1.93. The molecule has 2 saturated heterocycles. The molecule has 0 radical (unpaired) electrons. The van der Waals surface area contributed by atoms with Crippen molar-refractivity contribution >= 4 is 40.2 Å². The minimum atomic E-state index is 0.0850. The molecule has 4 heterocycles. The number of fused-ring (bicyclic) bond motifs is 1. The molecule has 9 heteroatoms. The van der Waals surface area contributed by atoms with E-state index in [4.69, 9.17) is 38.7 Å². The van der Waals surface area contributed by atoms with E-state index in [1.54, 1.807) is 23.1 Å². The first kappa shape index (κ1) is 19.1. The molecule has 0 amide bonds. The molecular formula is C20H22Cl2N6O. The number of aromatic nitrogens is 4. The van der Waals surface area contributed by atoms with Gasteiger partial charge in [0.15, 0.2) is 5.65 Å². The molecule has 0 unspecified atom stereocenters. The van der Waals surface area contributed by atoms with Crippen LogP contribution in [0.1, 0.15) is 19.8 Å². The normalized spacial score (nSPS) is 23.9. The largest absolute Gasteiger partial charge is 0.376 e. The van der Waals surface area contributed by atoms with Crippen molar-refractivity contribution in [3.63, 3.8) is 0 Å². The Morgan fingerprint density at radius 3 is 2.72 bits per heavy atom. The van der Waals surface area contributed by atoms with E-state index in [1.807, 2.05) is 12.1 Å². The molecule has 3 aromatic rings. The number of anilines is 1. The Bertz CT molecular complexity index is 1060. The van der Waals surface area contributed by atoms with Crippen molar-refractivity contribution in [2.75, 3.05) is 24.6 Å². The number of rotatable bonds is 2. The lowest BCUT2D eigenvalue weighted by molar-refractivity contribution is 0.0974. The van der Waals surface area contributed by atoms with Gasteiger partial charge in [-0.2, -0.15) is 5.10 Å². The molecule has 2 aromatic heterocycles. The summed E-state index contributed by atoms with van der Waals surface area (Å²) in [6, 6.07) is 5.53. The second-order valence-corrected chi connectivity index (χ2v) is 8.74. The Labute approximate surface area is 178 Å². The molecule has 1 aromatic carbocycles. The number of ether oxygens (including phenoxy) is 1. The predicted molar refractivity (Wildman–Crippen MR) is 114 cm³/mol. The van der Waals surface area contributed by atoms with Crippen molar-refractivity contribution in [3.05, 3.63) is 40.6 Å². The van der Waals surface area contributed by atoms with Crippen molar-refractivity contribution in [2.45, 2.75) is 31.9 Å². The Kier molecular flexibility index (Phi) is 4.66. The number of halogens is 2. The average molecular weight is 433 g/mol. The molecule has 2 atom stereocenters. The first-order valence-corrected chi connectivity index (χ1v) is 10.5. The highest BCUT2D eigenvalue weighted by atomic mass is 35.5. The third-order valence-corrected chi connectivity index (χ3v) is 7.16. The van der Waals surface area contributed by atoms with Crippen LogP contribution in [0.3, 0.4) is 0 Å². The molecule has 0 aliphatic carbocycles. The van der Waals surface area contributed by atoms with Crippen LogP contribution < -0.4 is 10.6 Å². The summed E-state index contributed by atoms with van der Waals surface area (Å²) in [6.45, 7) is 4.59. The first-order valence-electron chi connectivity index (χ1n) is 9.76. The summed E-state index contributed by atoms with van der Waals surface area (Å²) in [4.78, 5) is 11.7. The van der Waals surface area contributed by atoms with E-state index < -0.39 is 0 Å². The van der Waals surface area contributed by atoms with Crippen molar-refractivity contribution in [3.8, 4) is 5.69 Å². The molecule has 7 nitrogen and oxygen atoms in total. The molecule has 29 heavy (non-hydrogen) atoms. The van der Waals surface area contributed by atoms with Crippen LogP contribution in [-0.4, -0.2) is 51.6 Å². The Morgan fingerprint density at radius 1 is 1.21 bits per heavy atom. The van der Waals surface area contributed by atoms with Gasteiger partial charge in [-0.15, -0.1) is 0 Å². The molecule has 2 aliphatic heterocycles. The maximum Gasteiger partial charge on any atom is 0.181 e. The van der Waals surface area contributed by atoms with E-state index in [0.717, 1.165) is 38.4 Å². The average Bonchev–Trinajstić information content (AvgIpc) is 3.27. The zero-order chi connectivity index (χ0) is 20.2. The summed E-state index contributed by atoms with van der Waals surface area (Å²) < 4.78 is 7.49. The van der Waals surface area contributed by atoms with Gasteiger partial charge >= 0.3 is 0 Å². The molecule has 2 aliphatic rings. The van der Waals surface area contributed by atoms with Gasteiger partial charge in [0, 0.05) is 24.5 Å². The number of piperidine rings is 1. The lowest BCUT2D eigenvalue weighted by Gasteiger charge is -2.41. The summed E-state index contributed by atoms with van der Waals surface area (Å²) in [5.74, 6) is 0.852. The molecule has 0 saturated carbocycles. The van der Waals surface area contributed by atoms with Gasteiger partial charge in [0.1, 0.15) is 11.3 Å². The van der Waals surface area contributed by atoms with E-state index in [-0.39, 0.29) is 17.6 Å². The first-order chi connectivity index (χ1) is 14.0. The van der Waals surface area contributed by atoms with Gasteiger partial charge in [-0.05, 0) is 31.9 Å². The highest BCUT2D eigenvalue weighted by Gasteiger charge is 2.47. The van der Waals surface area contributed by atoms with Gasteiger partial charge < -0.3 is 15.4 Å². The van der Waals surface area contributed by atoms with Crippen molar-refractivity contribution < 1.29 is 4.74 Å². The topological polar surface area (TPSA) is 82.1 Å². The quantitative estimate of drug-likeness (QED) is 0.667. The van der Waals surface area contributed by atoms with Gasteiger partial charge in [-0.25, -0.2) is 14.6 Å². The van der Waals surface area contributed by atoms with Crippen LogP contribution >= 0.6 is 23.2 Å². The molecule has 152 valence electrons. The smallest absolute Gasteiger partial charge is 0.181 e. The number of benzene rings is 1. The summed E-state index contributed by atoms with van der Waals surface area (Å²) in [7, 11) is 0. The van der Waals surface area contributed by atoms with E-state index in [9.17, 15) is 0 Å². The molecule has 2 fully saturated rings. The van der Waals surface area contributed by atoms with Gasteiger partial charge in [-0.3, -0.25) is 0 Å². The van der Waals surface area contributed by atoms with E-state index >= 15 is 0 Å². The van der Waals surface area contributed by atoms with Gasteiger partial charge in [0.25, 0.3) is 0 Å². The van der Waals surface area contributed by atoms with Crippen LogP contribution in [0.15, 0.2) is 30.6 Å². The minimum absolute atomic E-state index is 0.0850. The van der Waals surface area contributed by atoms with Crippen molar-refractivity contribution in [1.29, 1.82) is 0 Å². The number of hydrogen-bond donors (Lipinski definition) is 1. The van der Waals surface area contributed by atoms with Gasteiger partial charge in [-0.1, -0.05) is 29.3 Å². The van der Waals surface area contributed by atoms with Gasteiger partial charge in [0.05, 0.1) is 40.8 Å². The van der Waals surface area contributed by atoms with E-state index in [0.29, 0.717) is 26.9 Å². The summed E-state index contributed by atoms with van der Waals surface area (Å²) >= 11 is 12.5. The molecule has 2 N–H and O–H groups in total. The third kappa shape index (κ3) is 3.08. The van der Waals surface area contributed by atoms with Crippen LogP contribution in [0.25, 0.3) is 16.9 Å².